The van der Waals surface area contributed by atoms with Gasteiger partial charge in [0.05, 0.1) is 24.1 Å². The number of carbonyl (C=O) groups is 3. The fourth-order valence-electron chi connectivity index (χ4n) is 3.84. The van der Waals surface area contributed by atoms with Crippen molar-refractivity contribution in [3.8, 4) is 5.75 Å². The average Bonchev–Trinajstić information content (AvgIpc) is 3.21. The Bertz CT molecular complexity index is 708. The second-order valence-corrected chi connectivity index (χ2v) is 7.18. The van der Waals surface area contributed by atoms with Crippen molar-refractivity contribution in [2.75, 3.05) is 19.8 Å². The van der Waals surface area contributed by atoms with Gasteiger partial charge in [0.25, 0.3) is 0 Å². The summed E-state index contributed by atoms with van der Waals surface area (Å²) in [7, 11) is 0. The Morgan fingerprint density at radius 3 is 2.52 bits per heavy atom. The average molecular weight is 375 g/mol. The maximum atomic E-state index is 12.6. The minimum atomic E-state index is -0.973. The number of β-amino-alcohol motifs (C(OH)–C–C–N with tert-alkyl or cyclic N) is 1. The Hall–Kier alpha value is -2.41. The minimum Gasteiger partial charge on any atom is -0.491 e. The van der Waals surface area contributed by atoms with Gasteiger partial charge in [-0.2, -0.15) is 0 Å². The zero-order valence-corrected chi connectivity index (χ0v) is 15.5. The second kappa shape index (κ2) is 8.08. The number of hydrogen-bond donors (Lipinski definition) is 1. The first kappa shape index (κ1) is 19.4. The van der Waals surface area contributed by atoms with E-state index in [-0.39, 0.29) is 31.4 Å². The minimum absolute atomic E-state index is 0.0528. The lowest BCUT2D eigenvalue weighted by Crippen LogP contribution is -2.41. The Morgan fingerprint density at radius 1 is 1.22 bits per heavy atom. The Labute approximate surface area is 158 Å². The molecule has 7 heteroatoms. The summed E-state index contributed by atoms with van der Waals surface area (Å²) in [5.41, 5.74) is -0.111. The summed E-state index contributed by atoms with van der Waals surface area (Å²) in [5.74, 6) is -0.285. The molecule has 1 saturated carbocycles. The van der Waals surface area contributed by atoms with Gasteiger partial charge < -0.3 is 14.6 Å². The fraction of sp³-hybridized carbons (Fsp3) is 0.550. The molecule has 146 valence electrons. The van der Waals surface area contributed by atoms with E-state index < -0.39 is 17.5 Å². The monoisotopic (exact) mass is 375 g/mol. The van der Waals surface area contributed by atoms with Gasteiger partial charge in [0.2, 0.25) is 11.8 Å². The molecule has 1 atom stereocenters. The molecule has 1 saturated heterocycles. The van der Waals surface area contributed by atoms with Crippen LogP contribution in [0.25, 0.3) is 0 Å². The third kappa shape index (κ3) is 4.13. The first-order chi connectivity index (χ1) is 12.9. The lowest BCUT2D eigenvalue weighted by Gasteiger charge is -2.23. The molecular formula is C20H25NO6. The van der Waals surface area contributed by atoms with E-state index in [0.29, 0.717) is 17.9 Å². The van der Waals surface area contributed by atoms with Crippen molar-refractivity contribution in [2.24, 2.45) is 5.41 Å². The van der Waals surface area contributed by atoms with Crippen LogP contribution in [0.1, 0.15) is 49.4 Å². The third-order valence-corrected chi connectivity index (χ3v) is 5.25. The normalized spacial score (nSPS) is 19.6. The Morgan fingerprint density at radius 2 is 1.89 bits per heavy atom. The number of likely N-dealkylation sites (tertiary alicyclic amines) is 1. The number of hydrogen-bond acceptors (Lipinski definition) is 6. The number of ether oxygens (including phenoxy) is 2. The van der Waals surface area contributed by atoms with E-state index in [1.807, 2.05) is 0 Å². The van der Waals surface area contributed by atoms with Crippen molar-refractivity contribution in [1.82, 2.24) is 4.90 Å². The quantitative estimate of drug-likeness (QED) is 0.578. The molecule has 2 amide bonds. The first-order valence-corrected chi connectivity index (χ1v) is 9.38. The van der Waals surface area contributed by atoms with Gasteiger partial charge in [-0.05, 0) is 44.0 Å². The number of imide groups is 1. The summed E-state index contributed by atoms with van der Waals surface area (Å²) in [4.78, 5) is 37.6. The highest BCUT2D eigenvalue weighted by molar-refractivity contribution is 6.06. The van der Waals surface area contributed by atoms with Gasteiger partial charge in [0.15, 0.2) is 0 Å². The van der Waals surface area contributed by atoms with Gasteiger partial charge in [-0.15, -0.1) is 0 Å². The number of carbonyl (C=O) groups excluding carboxylic acids is 3. The Balaban J connectivity index is 1.51. The molecule has 1 heterocycles. The van der Waals surface area contributed by atoms with Crippen LogP contribution >= 0.6 is 0 Å². The molecule has 2 aliphatic rings. The summed E-state index contributed by atoms with van der Waals surface area (Å²) >= 11 is 0. The first-order valence-electron chi connectivity index (χ1n) is 9.38. The van der Waals surface area contributed by atoms with Crippen molar-refractivity contribution in [3.05, 3.63) is 29.8 Å². The van der Waals surface area contributed by atoms with Crippen LogP contribution < -0.4 is 4.74 Å². The molecule has 3 rings (SSSR count). The molecule has 1 N–H and O–H groups in total. The van der Waals surface area contributed by atoms with E-state index in [1.54, 1.807) is 31.2 Å². The van der Waals surface area contributed by atoms with E-state index in [4.69, 9.17) is 9.47 Å². The Kier molecular flexibility index (Phi) is 5.79. The van der Waals surface area contributed by atoms with Crippen molar-refractivity contribution in [1.29, 1.82) is 0 Å². The van der Waals surface area contributed by atoms with Crippen LogP contribution in [0, 0.1) is 5.41 Å². The number of aliphatic hydroxyl groups is 1. The van der Waals surface area contributed by atoms with Crippen LogP contribution in [0.2, 0.25) is 0 Å². The van der Waals surface area contributed by atoms with Crippen LogP contribution in [0.4, 0.5) is 0 Å². The van der Waals surface area contributed by atoms with Gasteiger partial charge in [-0.1, -0.05) is 12.8 Å². The van der Waals surface area contributed by atoms with Crippen molar-refractivity contribution < 1.29 is 29.0 Å². The summed E-state index contributed by atoms with van der Waals surface area (Å²) < 4.78 is 10.4. The molecule has 27 heavy (non-hydrogen) atoms. The molecule has 1 aromatic rings. The number of aliphatic hydroxyl groups excluding tert-OH is 1. The number of rotatable bonds is 7. The molecule has 7 nitrogen and oxygen atoms in total. The van der Waals surface area contributed by atoms with E-state index in [9.17, 15) is 19.5 Å². The molecular weight excluding hydrogens is 350 g/mol. The summed E-state index contributed by atoms with van der Waals surface area (Å²) in [6, 6.07) is 6.38. The van der Waals surface area contributed by atoms with E-state index in [1.165, 1.54) is 4.90 Å². The molecule has 1 aliphatic carbocycles. The number of nitrogens with zero attached hydrogens (tertiary/aromatic N) is 1. The van der Waals surface area contributed by atoms with E-state index >= 15 is 0 Å². The van der Waals surface area contributed by atoms with Crippen LogP contribution in [-0.2, 0) is 14.3 Å². The van der Waals surface area contributed by atoms with E-state index in [2.05, 4.69) is 0 Å². The van der Waals surface area contributed by atoms with Crippen LogP contribution in [0.5, 0.6) is 5.75 Å². The summed E-state index contributed by atoms with van der Waals surface area (Å²) in [6.07, 6.45) is 2.75. The molecule has 0 bridgehead atoms. The van der Waals surface area contributed by atoms with Gasteiger partial charge in [0, 0.05) is 6.42 Å². The zero-order chi connectivity index (χ0) is 19.4. The van der Waals surface area contributed by atoms with Crippen molar-refractivity contribution in [2.45, 2.75) is 45.1 Å². The van der Waals surface area contributed by atoms with Gasteiger partial charge in [-0.25, -0.2) is 4.79 Å². The van der Waals surface area contributed by atoms with Crippen LogP contribution in [0.3, 0.4) is 0 Å². The lowest BCUT2D eigenvalue weighted by molar-refractivity contribution is -0.143. The maximum Gasteiger partial charge on any atom is 0.338 e. The van der Waals surface area contributed by atoms with Crippen LogP contribution in [-0.4, -0.2) is 53.7 Å². The smallest absolute Gasteiger partial charge is 0.338 e. The predicted octanol–water partition coefficient (Wildman–Crippen LogP) is 1.92. The number of esters is 1. The second-order valence-electron chi connectivity index (χ2n) is 7.18. The van der Waals surface area contributed by atoms with E-state index in [0.717, 1.165) is 25.7 Å². The van der Waals surface area contributed by atoms with Gasteiger partial charge >= 0.3 is 5.97 Å². The van der Waals surface area contributed by atoms with Gasteiger partial charge in [-0.3, -0.25) is 14.5 Å². The number of amides is 2. The highest BCUT2D eigenvalue weighted by Crippen LogP contribution is 2.46. The SMILES string of the molecule is CCOC(=O)c1ccc(OCC(O)CN2C(=O)CC3(CCCC3)C2=O)cc1. The summed E-state index contributed by atoms with van der Waals surface area (Å²) in [5, 5.41) is 10.2. The largest absolute Gasteiger partial charge is 0.491 e. The molecule has 1 aromatic carbocycles. The molecule has 1 spiro atoms. The topological polar surface area (TPSA) is 93.1 Å². The van der Waals surface area contributed by atoms with Crippen molar-refractivity contribution in [3.63, 3.8) is 0 Å². The molecule has 0 aromatic heterocycles. The molecule has 2 fully saturated rings. The third-order valence-electron chi connectivity index (χ3n) is 5.25. The zero-order valence-electron chi connectivity index (χ0n) is 15.5. The molecule has 0 radical (unpaired) electrons. The lowest BCUT2D eigenvalue weighted by atomic mass is 9.84. The molecule has 1 aliphatic heterocycles. The molecule has 1 unspecified atom stereocenters. The standard InChI is InChI=1S/C20H25NO6/c1-2-26-18(24)14-5-7-16(8-6-14)27-13-15(22)12-21-17(23)11-20(19(21)25)9-3-4-10-20/h5-8,15,22H,2-4,9-13H2,1H3. The maximum absolute atomic E-state index is 12.6. The van der Waals surface area contributed by atoms with Crippen molar-refractivity contribution >= 4 is 17.8 Å². The fourth-order valence-corrected chi connectivity index (χ4v) is 3.84. The predicted molar refractivity (Wildman–Crippen MR) is 96.1 cm³/mol. The van der Waals surface area contributed by atoms with Crippen LogP contribution in [0.15, 0.2) is 24.3 Å². The summed E-state index contributed by atoms with van der Waals surface area (Å²) in [6.45, 7) is 1.93. The van der Waals surface area contributed by atoms with Gasteiger partial charge in [0.1, 0.15) is 18.5 Å². The number of benzene rings is 1. The highest BCUT2D eigenvalue weighted by Gasteiger charge is 2.52. The highest BCUT2D eigenvalue weighted by atomic mass is 16.5.